The molecule has 0 aromatic heterocycles. The van der Waals surface area contributed by atoms with Crippen LogP contribution in [0.25, 0.3) is 0 Å². The Balaban J connectivity index is 2.56. The summed E-state index contributed by atoms with van der Waals surface area (Å²) in [6.07, 6.45) is -4.39. The number of aliphatic carboxylic acids is 1. The van der Waals surface area contributed by atoms with Crippen LogP contribution < -0.4 is 4.90 Å². The Labute approximate surface area is 118 Å². The van der Waals surface area contributed by atoms with Gasteiger partial charge in [0.15, 0.2) is 0 Å². The third kappa shape index (κ3) is 6.63. The number of ether oxygens (including phenoxy) is 1. The van der Waals surface area contributed by atoms with Crippen molar-refractivity contribution in [3.63, 3.8) is 0 Å². The fraction of sp³-hybridized carbons (Fsp3) is 0.417. The lowest BCUT2D eigenvalue weighted by Crippen LogP contribution is -2.33. The number of carboxylic acids is 1. The highest BCUT2D eigenvalue weighted by Crippen LogP contribution is 2.18. The Morgan fingerprint density at radius 1 is 1.30 bits per heavy atom. The summed E-state index contributed by atoms with van der Waals surface area (Å²) in [5.41, 5.74) is 0.549. The highest BCUT2D eigenvalue weighted by Gasteiger charge is 2.27. The van der Waals surface area contributed by atoms with Gasteiger partial charge in [0.2, 0.25) is 0 Å². The molecule has 1 aromatic rings. The van der Waals surface area contributed by atoms with Crippen LogP contribution in [0.3, 0.4) is 0 Å². The van der Waals surface area contributed by atoms with Crippen LogP contribution in [-0.2, 0) is 9.53 Å². The molecular weight excluding hydrogens is 299 g/mol. The number of benzene rings is 1. The number of carboxylic acid groups (broad SMARTS) is 1. The summed E-state index contributed by atoms with van der Waals surface area (Å²) < 4.78 is 40.2. The summed E-state index contributed by atoms with van der Waals surface area (Å²) in [6.45, 7) is -1.88. The maximum absolute atomic E-state index is 11.9. The van der Waals surface area contributed by atoms with Crippen molar-refractivity contribution in [3.05, 3.63) is 29.3 Å². The Kier molecular flexibility index (Phi) is 6.09. The standard InChI is InChI=1S/C12H13ClF3NO3/c13-9-1-3-10(4-2-9)17(7-11(18)19)5-6-20-8-12(14,15)16/h1-4H,5-8H2,(H,18,19). The van der Waals surface area contributed by atoms with Crippen molar-refractivity contribution < 1.29 is 27.8 Å². The van der Waals surface area contributed by atoms with Gasteiger partial charge in [-0.25, -0.2) is 0 Å². The third-order valence-electron chi connectivity index (χ3n) is 2.29. The molecular formula is C12H13ClF3NO3. The second-order valence-corrected chi connectivity index (χ2v) is 4.40. The fourth-order valence-corrected chi connectivity index (χ4v) is 1.60. The molecule has 0 saturated heterocycles. The molecule has 112 valence electrons. The average Bonchev–Trinajstić information content (AvgIpc) is 2.32. The van der Waals surface area contributed by atoms with Crippen LogP contribution in [0.4, 0.5) is 18.9 Å². The monoisotopic (exact) mass is 311 g/mol. The highest BCUT2D eigenvalue weighted by molar-refractivity contribution is 6.30. The Hall–Kier alpha value is -1.47. The van der Waals surface area contributed by atoms with Crippen molar-refractivity contribution >= 4 is 23.3 Å². The zero-order valence-electron chi connectivity index (χ0n) is 10.4. The minimum atomic E-state index is -4.39. The van der Waals surface area contributed by atoms with Gasteiger partial charge in [-0.05, 0) is 24.3 Å². The number of alkyl halides is 3. The zero-order valence-corrected chi connectivity index (χ0v) is 11.1. The van der Waals surface area contributed by atoms with Gasteiger partial charge in [-0.3, -0.25) is 4.79 Å². The first kappa shape index (κ1) is 16.6. The van der Waals surface area contributed by atoms with Gasteiger partial charge in [-0.15, -0.1) is 0 Å². The Morgan fingerprint density at radius 2 is 1.90 bits per heavy atom. The molecule has 0 aliphatic rings. The summed E-state index contributed by atoms with van der Waals surface area (Å²) in [6, 6.07) is 6.33. The van der Waals surface area contributed by atoms with E-state index >= 15 is 0 Å². The van der Waals surface area contributed by atoms with Crippen LogP contribution in [0.5, 0.6) is 0 Å². The van der Waals surface area contributed by atoms with Gasteiger partial charge >= 0.3 is 12.1 Å². The molecule has 0 amide bonds. The highest BCUT2D eigenvalue weighted by atomic mass is 35.5. The molecule has 4 nitrogen and oxygen atoms in total. The van der Waals surface area contributed by atoms with E-state index in [9.17, 15) is 18.0 Å². The quantitative estimate of drug-likeness (QED) is 0.787. The minimum absolute atomic E-state index is 0.0318. The first-order chi connectivity index (χ1) is 9.28. The van der Waals surface area contributed by atoms with Crippen LogP contribution in [-0.4, -0.2) is 43.6 Å². The average molecular weight is 312 g/mol. The van der Waals surface area contributed by atoms with Gasteiger partial charge in [0.1, 0.15) is 13.2 Å². The van der Waals surface area contributed by atoms with Crippen LogP contribution in [0.1, 0.15) is 0 Å². The molecule has 20 heavy (non-hydrogen) atoms. The van der Waals surface area contributed by atoms with Gasteiger partial charge in [0.25, 0.3) is 0 Å². The summed E-state index contributed by atoms with van der Waals surface area (Å²) >= 11 is 5.71. The molecule has 0 radical (unpaired) electrons. The molecule has 8 heteroatoms. The number of rotatable bonds is 7. The predicted octanol–water partition coefficient (Wildman–Crippen LogP) is 2.81. The second kappa shape index (κ2) is 7.35. The summed E-state index contributed by atoms with van der Waals surface area (Å²) in [7, 11) is 0. The van der Waals surface area contributed by atoms with E-state index < -0.39 is 18.8 Å². The third-order valence-corrected chi connectivity index (χ3v) is 2.54. The van der Waals surface area contributed by atoms with Gasteiger partial charge < -0.3 is 14.7 Å². The Morgan fingerprint density at radius 3 is 2.40 bits per heavy atom. The SMILES string of the molecule is O=C(O)CN(CCOCC(F)(F)F)c1ccc(Cl)cc1. The van der Waals surface area contributed by atoms with E-state index in [-0.39, 0.29) is 19.7 Å². The topological polar surface area (TPSA) is 49.8 Å². The molecule has 0 unspecified atom stereocenters. The molecule has 0 bridgehead atoms. The molecule has 1 rings (SSSR count). The van der Waals surface area contributed by atoms with E-state index in [4.69, 9.17) is 16.7 Å². The second-order valence-electron chi connectivity index (χ2n) is 3.96. The maximum Gasteiger partial charge on any atom is 0.411 e. The fourth-order valence-electron chi connectivity index (χ4n) is 1.48. The van der Waals surface area contributed by atoms with E-state index in [0.717, 1.165) is 0 Å². The van der Waals surface area contributed by atoms with Gasteiger partial charge in [-0.2, -0.15) is 13.2 Å². The summed E-state index contributed by atoms with van der Waals surface area (Å²) in [5, 5.41) is 9.28. The summed E-state index contributed by atoms with van der Waals surface area (Å²) in [4.78, 5) is 12.2. The van der Waals surface area contributed by atoms with E-state index in [2.05, 4.69) is 4.74 Å². The van der Waals surface area contributed by atoms with Crippen LogP contribution in [0.15, 0.2) is 24.3 Å². The van der Waals surface area contributed by atoms with Crippen molar-refractivity contribution in [2.45, 2.75) is 6.18 Å². The number of carbonyl (C=O) groups is 1. The minimum Gasteiger partial charge on any atom is -0.480 e. The molecule has 0 spiro atoms. The van der Waals surface area contributed by atoms with Crippen molar-refractivity contribution in [1.29, 1.82) is 0 Å². The van der Waals surface area contributed by atoms with E-state index in [1.165, 1.54) is 4.90 Å². The first-order valence-electron chi connectivity index (χ1n) is 5.65. The normalized spacial score (nSPS) is 11.4. The van der Waals surface area contributed by atoms with E-state index in [1.54, 1.807) is 24.3 Å². The van der Waals surface area contributed by atoms with E-state index in [0.29, 0.717) is 10.7 Å². The van der Waals surface area contributed by atoms with Crippen molar-refractivity contribution in [2.24, 2.45) is 0 Å². The molecule has 0 fully saturated rings. The number of nitrogens with zero attached hydrogens (tertiary/aromatic N) is 1. The maximum atomic E-state index is 11.9. The lowest BCUT2D eigenvalue weighted by Gasteiger charge is -2.23. The lowest BCUT2D eigenvalue weighted by molar-refractivity contribution is -0.173. The first-order valence-corrected chi connectivity index (χ1v) is 6.02. The molecule has 1 aromatic carbocycles. The van der Waals surface area contributed by atoms with Crippen LogP contribution >= 0.6 is 11.6 Å². The lowest BCUT2D eigenvalue weighted by atomic mass is 10.3. The van der Waals surface area contributed by atoms with Crippen LogP contribution in [0, 0.1) is 0 Å². The molecule has 0 saturated carbocycles. The molecule has 0 aliphatic heterocycles. The van der Waals surface area contributed by atoms with Gasteiger partial charge in [0.05, 0.1) is 6.61 Å². The van der Waals surface area contributed by atoms with E-state index in [1.807, 2.05) is 0 Å². The Bertz CT molecular complexity index is 437. The molecule has 0 atom stereocenters. The molecule has 0 heterocycles. The zero-order chi connectivity index (χ0) is 15.2. The largest absolute Gasteiger partial charge is 0.480 e. The van der Waals surface area contributed by atoms with Crippen molar-refractivity contribution in [1.82, 2.24) is 0 Å². The number of hydrogen-bond acceptors (Lipinski definition) is 3. The summed E-state index contributed by atoms with van der Waals surface area (Å²) in [5.74, 6) is -1.09. The van der Waals surface area contributed by atoms with Gasteiger partial charge in [0, 0.05) is 17.3 Å². The van der Waals surface area contributed by atoms with Crippen LogP contribution in [0.2, 0.25) is 5.02 Å². The molecule has 0 aliphatic carbocycles. The predicted molar refractivity (Wildman–Crippen MR) is 68.2 cm³/mol. The number of halogens is 4. The smallest absolute Gasteiger partial charge is 0.411 e. The van der Waals surface area contributed by atoms with Crippen molar-refractivity contribution in [3.8, 4) is 0 Å². The van der Waals surface area contributed by atoms with Gasteiger partial charge in [-0.1, -0.05) is 11.6 Å². The molecule has 1 N–H and O–H groups in total. The number of hydrogen-bond donors (Lipinski definition) is 1. The number of anilines is 1. The van der Waals surface area contributed by atoms with Crippen molar-refractivity contribution in [2.75, 3.05) is 31.2 Å².